The van der Waals surface area contributed by atoms with Gasteiger partial charge >= 0.3 is 5.71 Å². The fraction of sp³-hybridized carbons (Fsp3) is 0.200. The third-order valence-corrected chi connectivity index (χ3v) is 6.12. The van der Waals surface area contributed by atoms with Gasteiger partial charge in [-0.3, -0.25) is 0 Å². The Morgan fingerprint density at radius 2 is 1.50 bits per heavy atom. The van der Waals surface area contributed by atoms with E-state index in [1.165, 1.54) is 0 Å². The van der Waals surface area contributed by atoms with Gasteiger partial charge in [-0.2, -0.15) is 0 Å². The standard InChI is InChI=1S/C30H29N3O3/c1-3-34-24-16-15-21(19-25(24)35-4-2)17-18-33-20-32-30-27(29(33)31)26(22-11-7-5-8-12-22)28(36-30)23-13-9-6-10-14-23/h5-16,19-20,31H,3-4,17-18H2,1-2H3/p+1. The lowest BCUT2D eigenvalue weighted by molar-refractivity contribution is -0.684. The summed E-state index contributed by atoms with van der Waals surface area (Å²) in [5.74, 6) is 2.91. The zero-order valence-corrected chi connectivity index (χ0v) is 20.6. The van der Waals surface area contributed by atoms with Gasteiger partial charge in [0, 0.05) is 17.5 Å². The largest absolute Gasteiger partial charge is 0.490 e. The van der Waals surface area contributed by atoms with Crippen molar-refractivity contribution < 1.29 is 18.5 Å². The summed E-state index contributed by atoms with van der Waals surface area (Å²) in [4.78, 5) is 4.64. The topological polar surface area (TPSA) is 74.4 Å². The molecule has 3 aromatic carbocycles. The maximum Gasteiger partial charge on any atom is 0.310 e. The molecule has 2 heterocycles. The lowest BCUT2D eigenvalue weighted by Crippen LogP contribution is -2.38. The van der Waals surface area contributed by atoms with Gasteiger partial charge < -0.3 is 19.6 Å². The minimum Gasteiger partial charge on any atom is -0.490 e. The Morgan fingerprint density at radius 1 is 0.833 bits per heavy atom. The molecule has 2 aromatic heterocycles. The van der Waals surface area contributed by atoms with E-state index in [1.807, 2.05) is 79.1 Å². The number of furan rings is 1. The van der Waals surface area contributed by atoms with Crippen LogP contribution in [0.5, 0.6) is 11.5 Å². The highest BCUT2D eigenvalue weighted by Gasteiger charge is 2.25. The van der Waals surface area contributed by atoms with Gasteiger partial charge in [-0.1, -0.05) is 71.7 Å². The number of nitrogens with zero attached hydrogens (tertiary/aromatic N) is 2. The molecule has 0 aliphatic heterocycles. The van der Waals surface area contributed by atoms with Crippen LogP contribution < -0.4 is 19.8 Å². The number of aromatic nitrogens is 2. The number of nitrogen functional groups attached to an aromatic ring is 1. The van der Waals surface area contributed by atoms with Crippen molar-refractivity contribution in [1.82, 2.24) is 4.98 Å². The monoisotopic (exact) mass is 480 g/mol. The first-order valence-electron chi connectivity index (χ1n) is 12.3. The van der Waals surface area contributed by atoms with Crippen molar-refractivity contribution in [2.45, 2.75) is 26.8 Å². The van der Waals surface area contributed by atoms with E-state index in [9.17, 15) is 0 Å². The van der Waals surface area contributed by atoms with Crippen molar-refractivity contribution in [2.24, 2.45) is 0 Å². The van der Waals surface area contributed by atoms with E-state index in [0.717, 1.165) is 51.3 Å². The molecule has 0 atom stereocenters. The number of anilines is 1. The highest BCUT2D eigenvalue weighted by molar-refractivity contribution is 6.04. The summed E-state index contributed by atoms with van der Waals surface area (Å²) in [6.45, 7) is 5.78. The molecule has 0 unspecified atom stereocenters. The van der Waals surface area contributed by atoms with Crippen LogP contribution in [-0.4, -0.2) is 18.2 Å². The van der Waals surface area contributed by atoms with Gasteiger partial charge in [0.15, 0.2) is 11.5 Å². The molecule has 0 aliphatic carbocycles. The molecule has 36 heavy (non-hydrogen) atoms. The molecule has 5 rings (SSSR count). The summed E-state index contributed by atoms with van der Waals surface area (Å²) in [7, 11) is 0. The van der Waals surface area contributed by atoms with E-state index in [2.05, 4.69) is 23.2 Å². The number of aryl methyl sites for hydroxylation is 2. The van der Waals surface area contributed by atoms with Crippen molar-refractivity contribution in [2.75, 3.05) is 18.9 Å². The highest BCUT2D eigenvalue weighted by atomic mass is 16.5. The Bertz CT molecular complexity index is 1460. The van der Waals surface area contributed by atoms with E-state index >= 15 is 0 Å². The molecule has 0 saturated heterocycles. The maximum atomic E-state index is 6.77. The second kappa shape index (κ2) is 10.5. The van der Waals surface area contributed by atoms with Gasteiger partial charge in [-0.25, -0.2) is 4.57 Å². The normalized spacial score (nSPS) is 11.1. The Kier molecular flexibility index (Phi) is 6.85. The SMILES string of the molecule is CCOc1ccc(CC[n+]2cnc3oc(-c4ccccc4)c(-c4ccccc4)c3c2N)cc1OCC. The number of benzene rings is 3. The smallest absolute Gasteiger partial charge is 0.310 e. The van der Waals surface area contributed by atoms with Crippen LogP contribution in [0.4, 0.5) is 5.82 Å². The lowest BCUT2D eigenvalue weighted by atomic mass is 9.99. The third kappa shape index (κ3) is 4.62. The molecule has 2 N–H and O–H groups in total. The zero-order valence-electron chi connectivity index (χ0n) is 20.6. The van der Waals surface area contributed by atoms with Gasteiger partial charge in [0.2, 0.25) is 12.1 Å². The molecule has 0 saturated carbocycles. The van der Waals surface area contributed by atoms with Gasteiger partial charge in [-0.15, -0.1) is 0 Å². The van der Waals surface area contributed by atoms with E-state index in [1.54, 1.807) is 6.33 Å². The first-order chi connectivity index (χ1) is 17.7. The highest BCUT2D eigenvalue weighted by Crippen LogP contribution is 2.41. The summed E-state index contributed by atoms with van der Waals surface area (Å²) < 4.78 is 19.8. The lowest BCUT2D eigenvalue weighted by Gasteiger charge is -2.12. The van der Waals surface area contributed by atoms with Crippen LogP contribution in [0, 0.1) is 0 Å². The van der Waals surface area contributed by atoms with Gasteiger partial charge in [0.1, 0.15) is 11.1 Å². The number of ether oxygens (including phenoxy) is 2. The fourth-order valence-corrected chi connectivity index (χ4v) is 4.43. The molecular formula is C30H30N3O3+. The molecule has 0 spiro atoms. The van der Waals surface area contributed by atoms with Crippen molar-refractivity contribution in [1.29, 1.82) is 0 Å². The van der Waals surface area contributed by atoms with E-state index in [4.69, 9.17) is 19.6 Å². The van der Waals surface area contributed by atoms with Crippen LogP contribution in [0.2, 0.25) is 0 Å². The molecule has 0 radical (unpaired) electrons. The summed E-state index contributed by atoms with van der Waals surface area (Å²) in [5.41, 5.74) is 11.4. The van der Waals surface area contributed by atoms with Crippen LogP contribution in [0.25, 0.3) is 33.6 Å². The summed E-state index contributed by atoms with van der Waals surface area (Å²) >= 11 is 0. The van der Waals surface area contributed by atoms with Crippen LogP contribution in [0.15, 0.2) is 89.6 Å². The van der Waals surface area contributed by atoms with Crippen molar-refractivity contribution in [3.05, 3.63) is 90.8 Å². The predicted molar refractivity (Wildman–Crippen MR) is 142 cm³/mol. The molecule has 6 nitrogen and oxygen atoms in total. The first kappa shape index (κ1) is 23.4. The summed E-state index contributed by atoms with van der Waals surface area (Å²) in [5, 5.41) is 0.823. The third-order valence-electron chi connectivity index (χ3n) is 6.12. The average Bonchev–Trinajstić information content (AvgIpc) is 3.31. The quantitative estimate of drug-likeness (QED) is 0.259. The fourth-order valence-electron chi connectivity index (χ4n) is 4.43. The Hall–Kier alpha value is -4.32. The molecule has 5 aromatic rings. The number of hydrogen-bond acceptors (Lipinski definition) is 5. The van der Waals surface area contributed by atoms with E-state index in [-0.39, 0.29) is 0 Å². The Balaban J connectivity index is 1.53. The van der Waals surface area contributed by atoms with Crippen LogP contribution in [0.1, 0.15) is 19.4 Å². The van der Waals surface area contributed by atoms with Crippen LogP contribution >= 0.6 is 0 Å². The average molecular weight is 481 g/mol. The second-order valence-electron chi connectivity index (χ2n) is 8.44. The minimum atomic E-state index is 0.529. The van der Waals surface area contributed by atoms with Crippen LogP contribution in [-0.2, 0) is 13.0 Å². The number of rotatable bonds is 9. The summed E-state index contributed by atoms with van der Waals surface area (Å²) in [6, 6.07) is 26.3. The first-order valence-corrected chi connectivity index (χ1v) is 12.3. The van der Waals surface area contributed by atoms with Gasteiger partial charge in [0.25, 0.3) is 0 Å². The van der Waals surface area contributed by atoms with Gasteiger partial charge in [-0.05, 0) is 37.1 Å². The zero-order chi connectivity index (χ0) is 24.9. The Morgan fingerprint density at radius 3 is 2.19 bits per heavy atom. The molecule has 0 bridgehead atoms. The predicted octanol–water partition coefficient (Wildman–Crippen LogP) is 6.07. The van der Waals surface area contributed by atoms with Crippen molar-refractivity contribution in [3.63, 3.8) is 0 Å². The molecule has 6 heteroatoms. The number of fused-ring (bicyclic) bond motifs is 1. The van der Waals surface area contributed by atoms with Crippen LogP contribution in [0.3, 0.4) is 0 Å². The van der Waals surface area contributed by atoms with Crippen molar-refractivity contribution >= 4 is 16.9 Å². The number of nitrogens with two attached hydrogens (primary N) is 1. The van der Waals surface area contributed by atoms with Crippen molar-refractivity contribution in [3.8, 4) is 33.9 Å². The molecule has 182 valence electrons. The van der Waals surface area contributed by atoms with Gasteiger partial charge in [0.05, 0.1) is 19.8 Å². The molecular weight excluding hydrogens is 450 g/mol. The molecule has 0 aliphatic rings. The van der Waals surface area contributed by atoms with E-state index < -0.39 is 0 Å². The number of hydrogen-bond donors (Lipinski definition) is 1. The summed E-state index contributed by atoms with van der Waals surface area (Å²) in [6.07, 6.45) is 2.52. The molecule has 0 fully saturated rings. The Labute approximate surface area is 210 Å². The van der Waals surface area contributed by atoms with E-state index in [0.29, 0.717) is 31.3 Å². The molecule has 0 amide bonds. The second-order valence-corrected chi connectivity index (χ2v) is 8.44. The minimum absolute atomic E-state index is 0.529. The maximum absolute atomic E-state index is 6.77.